The van der Waals surface area contributed by atoms with Gasteiger partial charge >= 0.3 is 11.7 Å². The molecule has 0 saturated heterocycles. The zero-order valence-electron chi connectivity index (χ0n) is 18.2. The van der Waals surface area contributed by atoms with E-state index in [9.17, 15) is 29.7 Å². The van der Waals surface area contributed by atoms with Crippen LogP contribution in [0.15, 0.2) is 32.6 Å². The van der Waals surface area contributed by atoms with Gasteiger partial charge in [0.25, 0.3) is 0 Å². The number of carbonyl (C=O) groups is 2. The molecule has 0 spiro atoms. The fourth-order valence-electron chi connectivity index (χ4n) is 3.24. The topological polar surface area (TPSA) is 288 Å². The Morgan fingerprint density at radius 3 is 2.60 bits per heavy atom. The van der Waals surface area contributed by atoms with Crippen LogP contribution in [0.4, 0.5) is 5.82 Å². The van der Waals surface area contributed by atoms with Gasteiger partial charge in [-0.1, -0.05) is 6.08 Å². The molecule has 2 heterocycles. The van der Waals surface area contributed by atoms with E-state index in [2.05, 4.69) is 31.2 Å². The Morgan fingerprint density at radius 1 is 1.37 bits per heavy atom. The number of nitrogens with zero attached hydrogens (tertiary/aromatic N) is 3. The third-order valence-corrected chi connectivity index (χ3v) is 5.63. The minimum atomic E-state index is -2.83. The Morgan fingerprint density at radius 2 is 2.03 bits per heavy atom. The van der Waals surface area contributed by atoms with Crippen molar-refractivity contribution in [1.29, 1.82) is 0 Å². The molecule has 16 nitrogen and oxygen atoms in total. The largest absolute Gasteiger partial charge is 0.479 e. The predicted molar refractivity (Wildman–Crippen MR) is 125 cm³/mol. The molecule has 17 heteroatoms. The molecule has 0 aromatic carbocycles. The van der Waals surface area contributed by atoms with Crippen LogP contribution >= 0.6 is 15.9 Å². The van der Waals surface area contributed by atoms with Gasteiger partial charge in [0.15, 0.2) is 17.8 Å². The van der Waals surface area contributed by atoms with E-state index in [-0.39, 0.29) is 16.3 Å². The van der Waals surface area contributed by atoms with E-state index in [0.717, 1.165) is 4.57 Å². The van der Waals surface area contributed by atoms with Crippen LogP contribution in [0.25, 0.3) is 0 Å². The van der Waals surface area contributed by atoms with Crippen molar-refractivity contribution in [2.45, 2.75) is 42.5 Å². The molecular weight excluding hydrogens is 536 g/mol. The second kappa shape index (κ2) is 11.6. The van der Waals surface area contributed by atoms with Gasteiger partial charge in [-0.2, -0.15) is 4.98 Å². The van der Waals surface area contributed by atoms with Crippen LogP contribution in [-0.2, 0) is 14.3 Å². The number of nitrogen functional groups attached to an aromatic ring is 1. The van der Waals surface area contributed by atoms with Gasteiger partial charge in [0.05, 0.1) is 29.8 Å². The third-order valence-electron chi connectivity index (χ3n) is 5.02. The lowest BCUT2D eigenvalue weighted by Crippen LogP contribution is -2.63. The molecule has 1 aromatic heterocycles. The Hall–Kier alpha value is -3.09. The van der Waals surface area contributed by atoms with Crippen molar-refractivity contribution in [3.63, 3.8) is 0 Å². The van der Waals surface area contributed by atoms with Crippen molar-refractivity contribution in [2.24, 2.45) is 22.2 Å². The summed E-state index contributed by atoms with van der Waals surface area (Å²) in [6.45, 7) is -1.15. The lowest BCUT2D eigenvalue weighted by atomic mass is 9.84. The summed E-state index contributed by atoms with van der Waals surface area (Å²) in [7, 11) is 0. The molecule has 2 rings (SSSR count). The number of nitrogens with two attached hydrogens (primary N) is 4. The van der Waals surface area contributed by atoms with Crippen molar-refractivity contribution in [1.82, 2.24) is 14.9 Å². The molecule has 0 aliphatic carbocycles. The number of ether oxygens (including phenoxy) is 1. The minimum Gasteiger partial charge on any atom is -0.479 e. The number of aliphatic hydroxyl groups excluding tert-OH is 2. The van der Waals surface area contributed by atoms with E-state index in [4.69, 9.17) is 32.8 Å². The first-order chi connectivity index (χ1) is 16.3. The van der Waals surface area contributed by atoms with Gasteiger partial charge in [-0.05, 0) is 22.0 Å². The fourth-order valence-corrected chi connectivity index (χ4v) is 3.55. The van der Waals surface area contributed by atoms with Crippen LogP contribution in [0.5, 0.6) is 0 Å². The van der Waals surface area contributed by atoms with E-state index in [0.29, 0.717) is 0 Å². The van der Waals surface area contributed by atoms with Gasteiger partial charge in [0, 0.05) is 12.6 Å². The Balaban J connectivity index is 2.50. The summed E-state index contributed by atoms with van der Waals surface area (Å²) in [5, 5.41) is 42.8. The fraction of sp³-hybridized carbons (Fsp3) is 0.500. The maximum absolute atomic E-state index is 12.4. The molecule has 1 aliphatic heterocycles. The quantitative estimate of drug-likeness (QED) is 0.0740. The number of rotatable bonds is 10. The van der Waals surface area contributed by atoms with Crippen LogP contribution < -0.4 is 33.9 Å². The molecule has 0 bridgehead atoms. The highest BCUT2D eigenvalue weighted by atomic mass is 79.9. The van der Waals surface area contributed by atoms with Gasteiger partial charge in [0.1, 0.15) is 18.0 Å². The number of carbonyl (C=O) groups excluding carboxylic acids is 1. The van der Waals surface area contributed by atoms with E-state index >= 15 is 0 Å². The first-order valence-electron chi connectivity index (χ1n) is 10.0. The molecule has 1 aromatic rings. The molecule has 0 saturated carbocycles. The molecule has 6 atom stereocenters. The van der Waals surface area contributed by atoms with Gasteiger partial charge in [0.2, 0.25) is 5.91 Å². The number of anilines is 1. The van der Waals surface area contributed by atoms with Crippen LogP contribution in [0, 0.1) is 0 Å². The molecule has 1 amide bonds. The molecular formula is C18H27BrN8O8. The highest BCUT2D eigenvalue weighted by Crippen LogP contribution is 2.32. The number of aliphatic hydroxyl groups is 3. The SMILES string of the molecule is NC(N)=NCC(O)CC(O)(C(=O)O)C1OC(n2cc(Br)c(N)nc2=O)C=CC1NC(=O)C(N)CO. The van der Waals surface area contributed by atoms with E-state index < -0.39 is 73.3 Å². The van der Waals surface area contributed by atoms with E-state index in [1.807, 2.05) is 0 Å². The lowest BCUT2D eigenvalue weighted by molar-refractivity contribution is -0.197. The van der Waals surface area contributed by atoms with Gasteiger partial charge in [-0.15, -0.1) is 0 Å². The summed E-state index contributed by atoms with van der Waals surface area (Å²) in [5.74, 6) is -3.16. The van der Waals surface area contributed by atoms with Gasteiger partial charge in [-0.25, -0.2) is 9.59 Å². The number of nitrogens with one attached hydrogen (secondary N) is 1. The Kier molecular flexibility index (Phi) is 9.30. The first kappa shape index (κ1) is 28.1. The summed E-state index contributed by atoms with van der Waals surface area (Å²) in [5.41, 5.74) is 17.9. The summed E-state index contributed by atoms with van der Waals surface area (Å²) in [6, 6.07) is -2.67. The minimum absolute atomic E-state index is 0.101. The molecule has 6 unspecified atom stereocenters. The second-order valence-corrected chi connectivity index (χ2v) is 8.53. The smallest absolute Gasteiger partial charge is 0.351 e. The molecule has 13 N–H and O–H groups in total. The van der Waals surface area contributed by atoms with Crippen molar-refractivity contribution in [3.05, 3.63) is 33.3 Å². The maximum Gasteiger partial charge on any atom is 0.351 e. The number of guanidine groups is 1. The van der Waals surface area contributed by atoms with Crippen LogP contribution in [0.2, 0.25) is 0 Å². The summed E-state index contributed by atoms with van der Waals surface area (Å²) >= 11 is 3.12. The summed E-state index contributed by atoms with van der Waals surface area (Å²) < 4.78 is 6.95. The lowest BCUT2D eigenvalue weighted by Gasteiger charge is -2.41. The summed E-state index contributed by atoms with van der Waals surface area (Å²) in [6.07, 6.45) is -1.63. The average Bonchev–Trinajstić information content (AvgIpc) is 2.79. The van der Waals surface area contributed by atoms with Crippen molar-refractivity contribution in [2.75, 3.05) is 18.9 Å². The molecule has 0 fully saturated rings. The Labute approximate surface area is 206 Å². The molecule has 1 aliphatic rings. The standard InChI is InChI=1S/C18H27BrN8O8/c19-8-5-27(17(33)26-13(8)21)11-2-1-10(25-14(30)9(20)6-28)12(35-11)18(34,15(31)32)3-7(29)4-24-16(22)23/h1-2,5,7,9-12,28-29,34H,3-4,6,20H2,(H,25,30)(H,31,32)(H2,21,26,33)(H4,22,23,24). The number of aliphatic imine (C=N–C) groups is 1. The van der Waals surface area contributed by atoms with E-state index in [1.54, 1.807) is 0 Å². The van der Waals surface area contributed by atoms with Gasteiger partial charge in [-0.3, -0.25) is 14.4 Å². The van der Waals surface area contributed by atoms with E-state index in [1.165, 1.54) is 18.3 Å². The number of hydrogen-bond donors (Lipinski definition) is 9. The van der Waals surface area contributed by atoms with Crippen molar-refractivity contribution >= 4 is 39.6 Å². The average molecular weight is 563 g/mol. The normalized spacial score (nSPS) is 23.1. The summed E-state index contributed by atoms with van der Waals surface area (Å²) in [4.78, 5) is 44.0. The number of halogens is 1. The molecule has 0 radical (unpaired) electrons. The van der Waals surface area contributed by atoms with Gasteiger partial charge < -0.3 is 53.4 Å². The number of carboxylic acid groups (broad SMARTS) is 1. The predicted octanol–water partition coefficient (Wildman–Crippen LogP) is -4.31. The van der Waals surface area contributed by atoms with Crippen LogP contribution in [0.1, 0.15) is 12.6 Å². The van der Waals surface area contributed by atoms with Crippen molar-refractivity contribution in [3.8, 4) is 0 Å². The first-order valence-corrected chi connectivity index (χ1v) is 10.8. The number of aromatic nitrogens is 2. The van der Waals surface area contributed by atoms with Crippen LogP contribution in [-0.4, -0.2) is 90.9 Å². The monoisotopic (exact) mass is 562 g/mol. The highest BCUT2D eigenvalue weighted by molar-refractivity contribution is 9.10. The Bertz CT molecular complexity index is 1060. The number of carboxylic acids is 1. The zero-order valence-corrected chi connectivity index (χ0v) is 19.8. The number of aliphatic carboxylic acids is 1. The van der Waals surface area contributed by atoms with Crippen LogP contribution in [0.3, 0.4) is 0 Å². The third kappa shape index (κ3) is 6.74. The maximum atomic E-state index is 12.4. The highest BCUT2D eigenvalue weighted by Gasteiger charge is 2.52. The van der Waals surface area contributed by atoms with Crippen molar-refractivity contribution < 1.29 is 34.8 Å². The number of hydrogen-bond acceptors (Lipinski definition) is 11. The second-order valence-electron chi connectivity index (χ2n) is 7.67. The number of amides is 1. The molecule has 35 heavy (non-hydrogen) atoms. The zero-order chi connectivity index (χ0) is 26.5. The molecule has 194 valence electrons.